The highest BCUT2D eigenvalue weighted by molar-refractivity contribution is 6.15. The lowest BCUT2D eigenvalue weighted by molar-refractivity contribution is 1.00. The Morgan fingerprint density at radius 1 is 0.852 bits per heavy atom. The zero-order valence-corrected chi connectivity index (χ0v) is 15.7. The average molecular weight is 352 g/mol. The van der Waals surface area contributed by atoms with Gasteiger partial charge in [-0.2, -0.15) is 0 Å². The van der Waals surface area contributed by atoms with Gasteiger partial charge >= 0.3 is 0 Å². The molecule has 1 heterocycles. The summed E-state index contributed by atoms with van der Waals surface area (Å²) < 4.78 is 0. The van der Waals surface area contributed by atoms with Crippen molar-refractivity contribution >= 4 is 17.2 Å². The molecule has 3 rings (SSSR count). The van der Waals surface area contributed by atoms with E-state index in [0.29, 0.717) is 5.84 Å². The van der Waals surface area contributed by atoms with Crippen LogP contribution in [0.25, 0.3) is 5.70 Å². The molecule has 0 saturated heterocycles. The molecule has 0 radical (unpaired) electrons. The number of allylic oxidation sites excluding steroid dienone is 3. The highest BCUT2D eigenvalue weighted by Gasteiger charge is 2.15. The quantitative estimate of drug-likeness (QED) is 0.556. The molecule has 0 atom stereocenters. The molecule has 0 aliphatic carbocycles. The van der Waals surface area contributed by atoms with Gasteiger partial charge in [0.1, 0.15) is 0 Å². The van der Waals surface area contributed by atoms with Gasteiger partial charge in [-0.25, -0.2) is 9.98 Å². The Morgan fingerprint density at radius 2 is 1.48 bits per heavy atom. The maximum Gasteiger partial charge on any atom is 0.160 e. The summed E-state index contributed by atoms with van der Waals surface area (Å²) in [6, 6.07) is 20.6. The van der Waals surface area contributed by atoms with Crippen molar-refractivity contribution in [3.8, 4) is 0 Å². The van der Waals surface area contributed by atoms with Crippen molar-refractivity contribution in [1.29, 1.82) is 0 Å². The van der Waals surface area contributed by atoms with E-state index in [-0.39, 0.29) is 0 Å². The van der Waals surface area contributed by atoms with Crippen molar-refractivity contribution in [3.05, 3.63) is 114 Å². The monoisotopic (exact) mass is 352 g/mol. The largest absolute Gasteiger partial charge is 0.232 e. The summed E-state index contributed by atoms with van der Waals surface area (Å²) in [5.74, 6) is 0.668. The first-order chi connectivity index (χ1) is 13.2. The van der Waals surface area contributed by atoms with Crippen molar-refractivity contribution in [2.45, 2.75) is 19.8 Å². The lowest BCUT2D eigenvalue weighted by Gasteiger charge is -2.16. The molecular weight excluding hydrogens is 328 g/mol. The Kier molecular flexibility index (Phi) is 6.11. The third-order valence-corrected chi connectivity index (χ3v) is 4.53. The van der Waals surface area contributed by atoms with Crippen molar-refractivity contribution < 1.29 is 0 Å². The Labute approximate surface area is 161 Å². The van der Waals surface area contributed by atoms with E-state index >= 15 is 0 Å². The van der Waals surface area contributed by atoms with Crippen LogP contribution in [-0.2, 0) is 0 Å². The number of hydrogen-bond donors (Lipinski definition) is 0. The van der Waals surface area contributed by atoms with Gasteiger partial charge in [0, 0.05) is 11.1 Å². The first kappa shape index (κ1) is 18.5. The van der Waals surface area contributed by atoms with E-state index in [4.69, 9.17) is 9.98 Å². The molecule has 2 aromatic carbocycles. The van der Waals surface area contributed by atoms with Gasteiger partial charge in [0.25, 0.3) is 0 Å². The van der Waals surface area contributed by atoms with E-state index in [1.807, 2.05) is 42.5 Å². The maximum atomic E-state index is 4.97. The molecule has 0 N–H and O–H groups in total. The third-order valence-electron chi connectivity index (χ3n) is 4.53. The van der Waals surface area contributed by atoms with Crippen LogP contribution in [0.3, 0.4) is 0 Å². The fraction of sp³-hybridized carbons (Fsp3) is 0.120. The van der Waals surface area contributed by atoms with E-state index in [1.54, 1.807) is 12.2 Å². The van der Waals surface area contributed by atoms with Crippen LogP contribution < -0.4 is 0 Å². The average Bonchev–Trinajstić information content (AvgIpc) is 2.71. The summed E-state index contributed by atoms with van der Waals surface area (Å²) in [5.41, 5.74) is 6.37. The smallest absolute Gasteiger partial charge is 0.160 e. The van der Waals surface area contributed by atoms with Crippen LogP contribution in [0.15, 0.2) is 113 Å². The van der Waals surface area contributed by atoms with Gasteiger partial charge in [0.05, 0.1) is 11.4 Å². The summed E-state index contributed by atoms with van der Waals surface area (Å²) in [5, 5.41) is 0. The Morgan fingerprint density at radius 3 is 2.07 bits per heavy atom. The summed E-state index contributed by atoms with van der Waals surface area (Å²) in [6.45, 7) is 9.91. The number of hydrogen-bond acceptors (Lipinski definition) is 2. The van der Waals surface area contributed by atoms with E-state index in [1.165, 1.54) is 5.57 Å². The SMILES string of the molecule is C=C/C=C(C=C)/C1=N\C(c2ccccc2)=C(/C)CCC(c2ccccc2)=N1. The van der Waals surface area contributed by atoms with E-state index in [9.17, 15) is 0 Å². The van der Waals surface area contributed by atoms with Gasteiger partial charge in [-0.05, 0) is 30.9 Å². The van der Waals surface area contributed by atoms with Gasteiger partial charge in [-0.1, -0.05) is 92.0 Å². The molecule has 0 bridgehead atoms. The van der Waals surface area contributed by atoms with Crippen LogP contribution in [0.1, 0.15) is 30.9 Å². The van der Waals surface area contributed by atoms with E-state index in [0.717, 1.165) is 41.0 Å². The minimum absolute atomic E-state index is 0.668. The molecule has 0 amide bonds. The Balaban J connectivity index is 2.18. The molecule has 2 aromatic rings. The molecule has 0 fully saturated rings. The molecule has 0 spiro atoms. The minimum atomic E-state index is 0.668. The standard InChI is InChI=1S/C25H24N2/c1-4-12-20(5-2)25-26-23(21-13-8-6-9-14-21)18-17-19(3)24(27-25)22-15-10-7-11-16-22/h4-16H,1-2,17-18H2,3H3/b20-12+,24-19+,26-23?,27-25+. The summed E-state index contributed by atoms with van der Waals surface area (Å²) >= 11 is 0. The fourth-order valence-corrected chi connectivity index (χ4v) is 3.07. The molecule has 1 aliphatic heterocycles. The van der Waals surface area contributed by atoms with Crippen molar-refractivity contribution in [3.63, 3.8) is 0 Å². The van der Waals surface area contributed by atoms with E-state index < -0.39 is 0 Å². The van der Waals surface area contributed by atoms with Gasteiger partial charge in [-0.3, -0.25) is 0 Å². The first-order valence-electron chi connectivity index (χ1n) is 9.15. The van der Waals surface area contributed by atoms with Crippen molar-refractivity contribution in [2.24, 2.45) is 9.98 Å². The fourth-order valence-electron chi connectivity index (χ4n) is 3.07. The summed E-state index contributed by atoms with van der Waals surface area (Å²) in [4.78, 5) is 9.92. The molecule has 27 heavy (non-hydrogen) atoms. The highest BCUT2D eigenvalue weighted by Crippen LogP contribution is 2.27. The first-order valence-corrected chi connectivity index (χ1v) is 9.15. The maximum absolute atomic E-state index is 4.97. The van der Waals surface area contributed by atoms with Crippen LogP contribution in [0.5, 0.6) is 0 Å². The van der Waals surface area contributed by atoms with Crippen LogP contribution >= 0.6 is 0 Å². The molecular formula is C25H24N2. The molecule has 2 nitrogen and oxygen atoms in total. The highest BCUT2D eigenvalue weighted by atomic mass is 14.9. The lowest BCUT2D eigenvalue weighted by atomic mass is 9.98. The van der Waals surface area contributed by atoms with Gasteiger partial charge in [-0.15, -0.1) is 0 Å². The topological polar surface area (TPSA) is 24.7 Å². The number of nitrogens with zero attached hydrogens (tertiary/aromatic N) is 2. The molecule has 1 aliphatic rings. The third kappa shape index (κ3) is 4.48. The zero-order chi connectivity index (χ0) is 19.1. The van der Waals surface area contributed by atoms with Crippen LogP contribution in [0.2, 0.25) is 0 Å². The summed E-state index contributed by atoms with van der Waals surface area (Å²) in [6.07, 6.45) is 7.21. The number of amidine groups is 1. The van der Waals surface area contributed by atoms with E-state index in [2.05, 4.69) is 44.3 Å². The number of aliphatic imine (C=N–C) groups is 2. The van der Waals surface area contributed by atoms with Crippen LogP contribution in [0, 0.1) is 0 Å². The second-order valence-corrected chi connectivity index (χ2v) is 6.42. The number of rotatable bonds is 5. The van der Waals surface area contributed by atoms with Gasteiger partial charge in [0.2, 0.25) is 0 Å². The lowest BCUT2D eigenvalue weighted by Crippen LogP contribution is -2.10. The second kappa shape index (κ2) is 8.91. The predicted octanol–water partition coefficient (Wildman–Crippen LogP) is 6.40. The molecule has 134 valence electrons. The number of benzene rings is 2. The van der Waals surface area contributed by atoms with Gasteiger partial charge < -0.3 is 0 Å². The van der Waals surface area contributed by atoms with Crippen molar-refractivity contribution in [1.82, 2.24) is 0 Å². The molecule has 2 heteroatoms. The minimum Gasteiger partial charge on any atom is -0.232 e. The second-order valence-electron chi connectivity index (χ2n) is 6.42. The van der Waals surface area contributed by atoms with Crippen LogP contribution in [-0.4, -0.2) is 11.5 Å². The van der Waals surface area contributed by atoms with Crippen LogP contribution in [0.4, 0.5) is 0 Å². The van der Waals surface area contributed by atoms with Gasteiger partial charge in [0.15, 0.2) is 5.84 Å². The zero-order valence-electron chi connectivity index (χ0n) is 15.7. The molecule has 0 unspecified atom stereocenters. The normalized spacial score (nSPS) is 20.0. The molecule has 0 aromatic heterocycles. The van der Waals surface area contributed by atoms with Crippen molar-refractivity contribution in [2.75, 3.05) is 0 Å². The predicted molar refractivity (Wildman–Crippen MR) is 117 cm³/mol. The Hall–Kier alpha value is -3.26. The Bertz CT molecular complexity index is 942. The summed E-state index contributed by atoms with van der Waals surface area (Å²) in [7, 11) is 0. The molecule has 0 saturated carbocycles.